The molecule has 558 valence electrons. The summed E-state index contributed by atoms with van der Waals surface area (Å²) in [5.74, 6) is -5.03. The molecule has 31 heteroatoms. The van der Waals surface area contributed by atoms with Gasteiger partial charge in [-0.25, -0.2) is 27.3 Å². The van der Waals surface area contributed by atoms with Gasteiger partial charge in [-0.1, -0.05) is 122 Å². The number of benzene rings is 7. The van der Waals surface area contributed by atoms with Gasteiger partial charge in [0.2, 0.25) is 0 Å². The van der Waals surface area contributed by atoms with Crippen molar-refractivity contribution in [3.05, 3.63) is 236 Å². The van der Waals surface area contributed by atoms with Crippen LogP contribution in [0.2, 0.25) is 0 Å². The molecule has 4 N–H and O–H groups in total. The monoisotopic (exact) mass is 1500 g/mol. The molecule has 0 aliphatic heterocycles. The number of urea groups is 1. The number of aliphatic carboxylic acids is 1. The number of carbonyl (C=O) groups is 4. The Kier molecular flexibility index (Phi) is 31.8. The summed E-state index contributed by atoms with van der Waals surface area (Å²) in [6.45, 7) is 5.61. The minimum absolute atomic E-state index is 0.0221. The van der Waals surface area contributed by atoms with Gasteiger partial charge in [-0.3, -0.25) is 19.7 Å². The van der Waals surface area contributed by atoms with Crippen molar-refractivity contribution in [2.24, 2.45) is 0 Å². The average molecular weight is 1500 g/mol. The van der Waals surface area contributed by atoms with Crippen molar-refractivity contribution >= 4 is 51.7 Å². The molecule has 0 spiro atoms. The van der Waals surface area contributed by atoms with Crippen LogP contribution >= 0.6 is 11.6 Å². The smallest absolute Gasteiger partial charge is 0.461 e. The van der Waals surface area contributed by atoms with Gasteiger partial charge in [0.05, 0.1) is 38.3 Å². The maximum Gasteiger partial charge on any atom is 0.461 e. The first-order valence-electron chi connectivity index (χ1n) is 31.8. The summed E-state index contributed by atoms with van der Waals surface area (Å²) < 4.78 is 210. The Morgan fingerprint density at radius 1 is 0.563 bits per heavy atom. The number of amides is 2. The number of carboxylic acid groups (broad SMARTS) is 1. The standard InChI is InChI=1S/C34H40F5NO4S.C31H30F8N2O4.C7H4ClNO4/c1-5-43-30(41)18-11-7-8-13-24-16-12-17-26(19-24)33(40-45(42)32(2,3)4,23-25-14-9-6-10-15-25)27-20-28(35)22-29(21-27)44-34(38,39)31(36)37;32-24-15-23(16-25(17-24)45-31(38,39)27(33)34)29(18-21-9-4-1-5-10-21,41-28(44)40-19-30(35,36)37)22-12-7-11-20(14-22)8-3-2-6-13-26(42)43;8-7(10)13-6-3-1-5(2-4-6)9(11)12/h6,9-10,12,14-17,19-22,31,40H,5,7-8,11,13,18,23H2,1-4H3;1,4-5,7,9-12,14-17,27H,2-3,6,8,13,18-19H2,(H,42,43)(H2,40,41,44);1-4H/t33-,45-;29-;/m11./s1. The third-order valence-electron chi connectivity index (χ3n) is 15.1. The molecule has 0 radical (unpaired) electrons. The third kappa shape index (κ3) is 27.8. The number of nitro benzene ring substituents is 1. The van der Waals surface area contributed by atoms with Crippen molar-refractivity contribution in [3.8, 4) is 17.2 Å². The van der Waals surface area contributed by atoms with E-state index in [0.29, 0.717) is 80.4 Å². The number of ether oxygens (including phenoxy) is 4. The Morgan fingerprint density at radius 2 is 1.01 bits per heavy atom. The summed E-state index contributed by atoms with van der Waals surface area (Å²) in [6.07, 6.45) is -18.1. The number of carbonyl (C=O) groups excluding carboxylic acids is 3. The number of halogens is 14. The minimum atomic E-state index is -5.01. The Morgan fingerprint density at radius 3 is 1.44 bits per heavy atom. The Labute approximate surface area is 592 Å². The molecule has 0 aromatic heterocycles. The molecular weight excluding hydrogens is 1430 g/mol. The Hall–Kier alpha value is -9.29. The van der Waals surface area contributed by atoms with E-state index in [1.165, 1.54) is 30.3 Å². The molecule has 0 fully saturated rings. The lowest BCUT2D eigenvalue weighted by Crippen LogP contribution is -2.53. The molecule has 7 aromatic rings. The highest BCUT2D eigenvalue weighted by Crippen LogP contribution is 2.41. The summed E-state index contributed by atoms with van der Waals surface area (Å²) in [5.41, 5.74) is -1.13. The van der Waals surface area contributed by atoms with Crippen LogP contribution in [0, 0.1) is 21.7 Å². The van der Waals surface area contributed by atoms with E-state index in [9.17, 15) is 86.2 Å². The summed E-state index contributed by atoms with van der Waals surface area (Å²) in [6, 6.07) is 39.4. The van der Waals surface area contributed by atoms with Crippen LogP contribution in [0.15, 0.2) is 170 Å². The maximum absolute atomic E-state index is 15.1. The van der Waals surface area contributed by atoms with Crippen LogP contribution in [-0.2, 0) is 62.1 Å². The Balaban J connectivity index is 0.000000315. The van der Waals surface area contributed by atoms with Crippen molar-refractivity contribution < 1.29 is 109 Å². The number of rotatable bonds is 33. The molecule has 0 saturated heterocycles. The lowest BCUT2D eigenvalue weighted by Gasteiger charge is -2.38. The van der Waals surface area contributed by atoms with Crippen LogP contribution in [0.3, 0.4) is 0 Å². The first-order chi connectivity index (χ1) is 48.3. The zero-order valence-electron chi connectivity index (χ0n) is 55.8. The van der Waals surface area contributed by atoms with E-state index in [2.05, 4.69) is 24.2 Å². The number of hydrogen-bond donors (Lipinski definition) is 4. The van der Waals surface area contributed by atoms with Crippen molar-refractivity contribution in [3.63, 3.8) is 0 Å². The molecule has 0 saturated carbocycles. The first-order valence-corrected chi connectivity index (χ1v) is 33.3. The molecule has 7 aromatic carbocycles. The fourth-order valence-electron chi connectivity index (χ4n) is 10.3. The topological polar surface area (TPSA) is 222 Å². The predicted octanol–water partition coefficient (Wildman–Crippen LogP) is 18.2. The van der Waals surface area contributed by atoms with Crippen molar-refractivity contribution in [2.75, 3.05) is 13.2 Å². The van der Waals surface area contributed by atoms with E-state index in [1.54, 1.807) is 106 Å². The van der Waals surface area contributed by atoms with Crippen LogP contribution in [-0.4, -0.2) is 86.8 Å². The zero-order valence-corrected chi connectivity index (χ0v) is 57.4. The van der Waals surface area contributed by atoms with E-state index in [1.807, 2.05) is 30.3 Å². The molecule has 0 bridgehead atoms. The summed E-state index contributed by atoms with van der Waals surface area (Å²) in [4.78, 5) is 55.4. The van der Waals surface area contributed by atoms with Gasteiger partial charge >= 0.3 is 54.6 Å². The molecule has 7 rings (SSSR count). The highest BCUT2D eigenvalue weighted by Gasteiger charge is 2.47. The number of unbranched alkanes of at least 4 members (excludes halogenated alkanes) is 4. The summed E-state index contributed by atoms with van der Waals surface area (Å²) >= 11 is 4.92. The van der Waals surface area contributed by atoms with E-state index >= 15 is 4.39 Å². The largest absolute Gasteiger partial charge is 0.481 e. The van der Waals surface area contributed by atoms with Crippen molar-refractivity contribution in [1.29, 1.82) is 0 Å². The number of nitrogens with zero attached hydrogens (tertiary/aromatic N) is 1. The molecule has 0 heterocycles. The lowest BCUT2D eigenvalue weighted by atomic mass is 9.77. The van der Waals surface area contributed by atoms with E-state index in [4.69, 9.17) is 21.4 Å². The second-order valence-corrected chi connectivity index (χ2v) is 26.4. The van der Waals surface area contributed by atoms with Crippen LogP contribution in [0.5, 0.6) is 17.2 Å². The molecule has 0 aliphatic rings. The van der Waals surface area contributed by atoms with Crippen molar-refractivity contribution in [1.82, 2.24) is 15.4 Å². The molecule has 0 aliphatic carbocycles. The second kappa shape index (κ2) is 38.8. The van der Waals surface area contributed by atoms with Crippen LogP contribution in [0.4, 0.5) is 72.4 Å². The molecular formula is C72H74ClF13N4O12S. The van der Waals surface area contributed by atoms with Crippen LogP contribution in [0.25, 0.3) is 0 Å². The third-order valence-corrected chi connectivity index (χ3v) is 16.8. The molecule has 3 atom stereocenters. The van der Waals surface area contributed by atoms with E-state index in [-0.39, 0.29) is 53.4 Å². The number of carboxylic acids is 1. The normalized spacial score (nSPS) is 13.2. The number of nitrogens with one attached hydrogen (secondary N) is 3. The summed E-state index contributed by atoms with van der Waals surface area (Å²) in [7, 11) is -1.77. The number of non-ortho nitro benzene ring substituents is 1. The fraction of sp³-hybridized carbons (Fsp3) is 0.361. The second-order valence-electron chi connectivity index (χ2n) is 24.1. The fourth-order valence-corrected chi connectivity index (χ4v) is 11.3. The highest BCUT2D eigenvalue weighted by atomic mass is 35.5. The van der Waals surface area contributed by atoms with E-state index < -0.39 is 110 Å². The van der Waals surface area contributed by atoms with Gasteiger partial charge in [-0.2, -0.15) is 48.3 Å². The number of esters is 1. The summed E-state index contributed by atoms with van der Waals surface area (Å²) in [5, 5.41) is 23.2. The lowest BCUT2D eigenvalue weighted by molar-refractivity contribution is -0.384. The van der Waals surface area contributed by atoms with E-state index in [0.717, 1.165) is 48.2 Å². The van der Waals surface area contributed by atoms with Crippen LogP contribution in [0.1, 0.15) is 124 Å². The minimum Gasteiger partial charge on any atom is -0.481 e. The predicted molar refractivity (Wildman–Crippen MR) is 358 cm³/mol. The van der Waals surface area contributed by atoms with Gasteiger partial charge in [0.15, 0.2) is 0 Å². The van der Waals surface area contributed by atoms with Gasteiger partial charge in [0.1, 0.15) is 35.4 Å². The first kappa shape index (κ1) is 84.4. The molecule has 16 nitrogen and oxygen atoms in total. The number of aryl methyl sites for hydroxylation is 2. The molecule has 2 amide bonds. The van der Waals surface area contributed by atoms with Gasteiger partial charge in [-0.05, 0) is 154 Å². The highest BCUT2D eigenvalue weighted by molar-refractivity contribution is 7.84. The zero-order chi connectivity index (χ0) is 76.3. The Bertz CT molecular complexity index is 3940. The van der Waals surface area contributed by atoms with Crippen LogP contribution < -0.4 is 29.6 Å². The van der Waals surface area contributed by atoms with Gasteiger partial charge in [0.25, 0.3) is 5.69 Å². The maximum atomic E-state index is 15.1. The number of alkyl halides is 11. The van der Waals surface area contributed by atoms with Gasteiger partial charge in [-0.15, -0.1) is 0 Å². The number of nitro groups is 1. The molecule has 103 heavy (non-hydrogen) atoms. The molecule has 0 unspecified atom stereocenters. The number of hydrogen-bond acceptors (Lipinski definition) is 11. The van der Waals surface area contributed by atoms with Crippen molar-refractivity contribution in [2.45, 2.75) is 152 Å². The average Bonchev–Trinajstić information content (AvgIpc) is 0.763. The van der Waals surface area contributed by atoms with Gasteiger partial charge < -0.3 is 34.7 Å². The van der Waals surface area contributed by atoms with Gasteiger partial charge in [0, 0.05) is 55.1 Å². The SMILES string of the molecule is CCOC(=O)CCCCCc1cccc([C@@](Cc2ccccc2)(N[S@](=O)C(C)(C)C)c2cc(F)cc(OC(F)(F)C(F)F)c2)c1.O=C(Cl)Oc1ccc([N+](=O)[O-])cc1.O=C(O)CCCCCc1cccc([C@@](Cc2ccccc2)(NC(=O)NCC(F)(F)F)c2cc(F)cc(OC(F)(F)C(F)F)c2)c1. The quantitative estimate of drug-likeness (QED) is 0.00753.